The lowest BCUT2D eigenvalue weighted by molar-refractivity contribution is 0.122. The predicted molar refractivity (Wildman–Crippen MR) is 85.8 cm³/mol. The predicted octanol–water partition coefficient (Wildman–Crippen LogP) is 3.09. The first-order valence-corrected chi connectivity index (χ1v) is 7.81. The van der Waals surface area contributed by atoms with E-state index in [4.69, 9.17) is 22.7 Å². The van der Waals surface area contributed by atoms with Crippen molar-refractivity contribution in [2.45, 2.75) is 25.3 Å². The van der Waals surface area contributed by atoms with Crippen LogP contribution >= 0.6 is 28.1 Å². The summed E-state index contributed by atoms with van der Waals surface area (Å²) in [6.07, 6.45) is 3.50. The second-order valence-corrected chi connectivity index (χ2v) is 6.28. The molecule has 1 aliphatic heterocycles. The molecule has 1 atom stereocenters. The zero-order valence-electron chi connectivity index (χ0n) is 11.4. The maximum Gasteiger partial charge on any atom is 0.179 e. The lowest BCUT2D eigenvalue weighted by Gasteiger charge is -2.32. The molecule has 1 aromatic carbocycles. The van der Waals surface area contributed by atoms with Crippen LogP contribution in [0.4, 0.5) is 4.39 Å². The number of ether oxygens (including phenoxy) is 1. The summed E-state index contributed by atoms with van der Waals surface area (Å²) in [7, 11) is 2.08. The molecule has 0 spiro atoms. The molecule has 2 rings (SSSR count). The highest BCUT2D eigenvalue weighted by atomic mass is 79.9. The monoisotopic (exact) mass is 360 g/mol. The van der Waals surface area contributed by atoms with Gasteiger partial charge in [-0.3, -0.25) is 0 Å². The average Bonchev–Trinajstić information content (AvgIpc) is 2.41. The molecule has 1 aromatic rings. The average molecular weight is 361 g/mol. The van der Waals surface area contributed by atoms with Crippen molar-refractivity contribution in [3.8, 4) is 5.75 Å². The summed E-state index contributed by atoms with van der Waals surface area (Å²) in [5.41, 5.74) is 6.02. The zero-order valence-corrected chi connectivity index (χ0v) is 13.8. The fourth-order valence-corrected chi connectivity index (χ4v) is 3.22. The Hall–Kier alpha value is -0.720. The summed E-state index contributed by atoms with van der Waals surface area (Å²) in [5, 5.41) is 0. The molecule has 0 amide bonds. The van der Waals surface area contributed by atoms with Crippen molar-refractivity contribution in [1.29, 1.82) is 0 Å². The number of thiocarbonyl (C=S) groups is 1. The Morgan fingerprint density at radius 1 is 1.55 bits per heavy atom. The van der Waals surface area contributed by atoms with Gasteiger partial charge >= 0.3 is 0 Å². The van der Waals surface area contributed by atoms with Gasteiger partial charge < -0.3 is 15.4 Å². The number of piperidine rings is 1. The minimum absolute atomic E-state index is 0.161. The number of likely N-dealkylation sites (tertiary alicyclic amines) is 1. The van der Waals surface area contributed by atoms with Crippen molar-refractivity contribution in [1.82, 2.24) is 4.90 Å². The first-order valence-electron chi connectivity index (χ1n) is 6.61. The zero-order chi connectivity index (χ0) is 14.7. The van der Waals surface area contributed by atoms with Gasteiger partial charge in [-0.25, -0.2) is 4.39 Å². The molecular weight excluding hydrogens is 343 g/mol. The van der Waals surface area contributed by atoms with Crippen molar-refractivity contribution in [2.75, 3.05) is 20.2 Å². The Morgan fingerprint density at radius 2 is 2.30 bits per heavy atom. The van der Waals surface area contributed by atoms with Crippen molar-refractivity contribution < 1.29 is 9.13 Å². The van der Waals surface area contributed by atoms with Crippen LogP contribution in [0.5, 0.6) is 5.75 Å². The normalized spacial score (nSPS) is 19.9. The van der Waals surface area contributed by atoms with E-state index in [-0.39, 0.29) is 15.2 Å². The molecule has 1 fully saturated rings. The minimum Gasteiger partial charge on any atom is -0.489 e. The molecular formula is C14H18BrFN2OS. The van der Waals surface area contributed by atoms with Gasteiger partial charge in [-0.05, 0) is 54.5 Å². The maximum atomic E-state index is 14.2. The Balaban J connectivity index is 2.06. The van der Waals surface area contributed by atoms with E-state index >= 15 is 0 Å². The van der Waals surface area contributed by atoms with E-state index in [1.807, 2.05) is 0 Å². The van der Waals surface area contributed by atoms with Gasteiger partial charge in [0.05, 0.1) is 4.47 Å². The maximum absolute atomic E-state index is 14.2. The molecule has 1 unspecified atom stereocenters. The number of hydrogen-bond acceptors (Lipinski definition) is 3. The molecule has 0 radical (unpaired) electrons. The van der Waals surface area contributed by atoms with Crippen LogP contribution in [0.3, 0.4) is 0 Å². The van der Waals surface area contributed by atoms with E-state index in [1.54, 1.807) is 12.1 Å². The Bertz CT molecular complexity index is 512. The van der Waals surface area contributed by atoms with Crippen LogP contribution in [-0.4, -0.2) is 36.1 Å². The van der Waals surface area contributed by atoms with E-state index in [2.05, 4.69) is 27.9 Å². The lowest BCUT2D eigenvalue weighted by atomic mass is 10.0. The van der Waals surface area contributed by atoms with Gasteiger partial charge in [0.2, 0.25) is 0 Å². The van der Waals surface area contributed by atoms with Gasteiger partial charge in [0.25, 0.3) is 0 Å². The highest BCUT2D eigenvalue weighted by molar-refractivity contribution is 9.10. The Labute approximate surface area is 132 Å². The third kappa shape index (κ3) is 3.48. The SMILES string of the molecule is CN1CCCCC1COc1ccc(C(N)=S)c(Br)c1F. The van der Waals surface area contributed by atoms with Crippen LogP contribution < -0.4 is 10.5 Å². The van der Waals surface area contributed by atoms with E-state index in [9.17, 15) is 4.39 Å². The van der Waals surface area contributed by atoms with Crippen molar-refractivity contribution in [3.05, 3.63) is 28.0 Å². The number of benzene rings is 1. The fourth-order valence-electron chi connectivity index (χ4n) is 2.37. The quantitative estimate of drug-likeness (QED) is 0.837. The number of nitrogens with zero attached hydrogens (tertiary/aromatic N) is 1. The summed E-state index contributed by atoms with van der Waals surface area (Å²) >= 11 is 8.05. The highest BCUT2D eigenvalue weighted by Crippen LogP contribution is 2.29. The summed E-state index contributed by atoms with van der Waals surface area (Å²) < 4.78 is 20.1. The summed E-state index contributed by atoms with van der Waals surface area (Å²) in [4.78, 5) is 2.43. The van der Waals surface area contributed by atoms with Gasteiger partial charge in [-0.2, -0.15) is 0 Å². The molecule has 110 valence electrons. The van der Waals surface area contributed by atoms with Gasteiger partial charge in [-0.15, -0.1) is 0 Å². The second-order valence-electron chi connectivity index (χ2n) is 5.04. The second kappa shape index (κ2) is 6.83. The molecule has 1 aliphatic rings. The third-order valence-corrected chi connectivity index (χ3v) is 4.66. The van der Waals surface area contributed by atoms with E-state index in [0.29, 0.717) is 18.2 Å². The molecule has 1 saturated heterocycles. The van der Waals surface area contributed by atoms with Crippen LogP contribution in [0.1, 0.15) is 24.8 Å². The molecule has 3 nitrogen and oxygen atoms in total. The molecule has 0 aromatic heterocycles. The van der Waals surface area contributed by atoms with Crippen LogP contribution in [0.25, 0.3) is 0 Å². The molecule has 0 aliphatic carbocycles. The van der Waals surface area contributed by atoms with E-state index < -0.39 is 5.82 Å². The fraction of sp³-hybridized carbons (Fsp3) is 0.500. The number of hydrogen-bond donors (Lipinski definition) is 1. The lowest BCUT2D eigenvalue weighted by Crippen LogP contribution is -2.40. The number of nitrogens with two attached hydrogens (primary N) is 1. The highest BCUT2D eigenvalue weighted by Gasteiger charge is 2.21. The van der Waals surface area contributed by atoms with Crippen LogP contribution in [0, 0.1) is 5.82 Å². The molecule has 6 heteroatoms. The third-order valence-electron chi connectivity index (χ3n) is 3.67. The minimum atomic E-state index is -0.450. The molecule has 1 heterocycles. The van der Waals surface area contributed by atoms with Crippen LogP contribution in [-0.2, 0) is 0 Å². The number of halogens is 2. The first kappa shape index (κ1) is 15.7. The first-order chi connectivity index (χ1) is 9.50. The standard InChI is InChI=1S/C14H18BrFN2OS/c1-18-7-3-2-4-9(18)8-19-11-6-5-10(14(17)20)12(15)13(11)16/h5-6,9H,2-4,7-8H2,1H3,(H2,17,20). The summed E-state index contributed by atoms with van der Waals surface area (Å²) in [6.45, 7) is 1.56. The van der Waals surface area contributed by atoms with Crippen molar-refractivity contribution in [3.63, 3.8) is 0 Å². The topological polar surface area (TPSA) is 38.5 Å². The smallest absolute Gasteiger partial charge is 0.179 e. The largest absolute Gasteiger partial charge is 0.489 e. The summed E-state index contributed by atoms with van der Waals surface area (Å²) in [6, 6.07) is 3.60. The van der Waals surface area contributed by atoms with Crippen LogP contribution in [0.2, 0.25) is 0 Å². The molecule has 0 bridgehead atoms. The van der Waals surface area contributed by atoms with Gasteiger partial charge in [0.15, 0.2) is 11.6 Å². The number of likely N-dealkylation sites (N-methyl/N-ethyl adjacent to an activating group) is 1. The summed E-state index contributed by atoms with van der Waals surface area (Å²) in [5.74, 6) is -0.218. The Kier molecular flexibility index (Phi) is 5.35. The van der Waals surface area contributed by atoms with E-state index in [1.165, 1.54) is 12.8 Å². The number of rotatable bonds is 4. The van der Waals surface area contributed by atoms with E-state index in [0.717, 1.165) is 13.0 Å². The van der Waals surface area contributed by atoms with Crippen molar-refractivity contribution >= 4 is 33.1 Å². The van der Waals surface area contributed by atoms with Crippen LogP contribution in [0.15, 0.2) is 16.6 Å². The molecule has 2 N–H and O–H groups in total. The molecule has 20 heavy (non-hydrogen) atoms. The van der Waals surface area contributed by atoms with Gasteiger partial charge in [0.1, 0.15) is 11.6 Å². The van der Waals surface area contributed by atoms with Gasteiger partial charge in [0, 0.05) is 11.6 Å². The Morgan fingerprint density at radius 3 is 2.95 bits per heavy atom. The van der Waals surface area contributed by atoms with Gasteiger partial charge in [-0.1, -0.05) is 18.6 Å². The molecule has 0 saturated carbocycles. The van der Waals surface area contributed by atoms with Crippen molar-refractivity contribution in [2.24, 2.45) is 5.73 Å².